The van der Waals surface area contributed by atoms with Gasteiger partial charge in [0.2, 0.25) is 0 Å². The van der Waals surface area contributed by atoms with Gasteiger partial charge in [-0.3, -0.25) is 0 Å². The second kappa shape index (κ2) is 4.09. The summed E-state index contributed by atoms with van der Waals surface area (Å²) in [7, 11) is 0. The van der Waals surface area contributed by atoms with Crippen LogP contribution in [-0.4, -0.2) is 0 Å². The molecule has 0 bridgehead atoms. The van der Waals surface area contributed by atoms with E-state index in [1.165, 1.54) is 12.0 Å². The maximum atomic E-state index is 14.6. The van der Waals surface area contributed by atoms with Gasteiger partial charge >= 0.3 is 0 Å². The number of benzene rings is 1. The number of hydrogen-bond donors (Lipinski definition) is 1. The monoisotopic (exact) mass is 233 g/mol. The van der Waals surface area contributed by atoms with Crippen molar-refractivity contribution in [3.63, 3.8) is 0 Å². The van der Waals surface area contributed by atoms with Crippen LogP contribution in [0.15, 0.2) is 12.1 Å². The summed E-state index contributed by atoms with van der Waals surface area (Å²) in [5.74, 6) is 0.00611. The zero-order valence-electron chi connectivity index (χ0n) is 10.3. The second-order valence-electron chi connectivity index (χ2n) is 5.64. The van der Waals surface area contributed by atoms with Gasteiger partial charge in [-0.05, 0) is 49.7 Å². The first-order chi connectivity index (χ1) is 8.21. The molecule has 0 radical (unpaired) electrons. The molecule has 2 aliphatic carbocycles. The SMILES string of the molecule is NC1(c2ccc3c(c2F)CCCC3)CCCC1. The van der Waals surface area contributed by atoms with E-state index in [9.17, 15) is 4.39 Å². The number of halogens is 1. The van der Waals surface area contributed by atoms with Crippen LogP contribution >= 0.6 is 0 Å². The van der Waals surface area contributed by atoms with Gasteiger partial charge in [-0.2, -0.15) is 0 Å². The Bertz CT molecular complexity index is 433. The largest absolute Gasteiger partial charge is 0.321 e. The van der Waals surface area contributed by atoms with Crippen molar-refractivity contribution in [3.8, 4) is 0 Å². The van der Waals surface area contributed by atoms with Gasteiger partial charge in [-0.25, -0.2) is 4.39 Å². The minimum absolute atomic E-state index is 0.00611. The highest BCUT2D eigenvalue weighted by Gasteiger charge is 2.34. The summed E-state index contributed by atoms with van der Waals surface area (Å²) >= 11 is 0. The van der Waals surface area contributed by atoms with E-state index in [1.54, 1.807) is 0 Å². The van der Waals surface area contributed by atoms with Crippen LogP contribution in [0.3, 0.4) is 0 Å². The first-order valence-corrected chi connectivity index (χ1v) is 6.80. The summed E-state index contributed by atoms with van der Waals surface area (Å²) < 4.78 is 14.6. The Morgan fingerprint density at radius 1 is 1.00 bits per heavy atom. The van der Waals surface area contributed by atoms with Crippen molar-refractivity contribution in [1.82, 2.24) is 0 Å². The summed E-state index contributed by atoms with van der Waals surface area (Å²) in [6.07, 6.45) is 8.37. The molecule has 2 heteroatoms. The van der Waals surface area contributed by atoms with E-state index >= 15 is 0 Å². The van der Waals surface area contributed by atoms with Crippen LogP contribution < -0.4 is 5.73 Å². The summed E-state index contributed by atoms with van der Waals surface area (Å²) in [4.78, 5) is 0. The Kier molecular flexibility index (Phi) is 2.70. The molecule has 2 N–H and O–H groups in total. The highest BCUT2D eigenvalue weighted by atomic mass is 19.1. The smallest absolute Gasteiger partial charge is 0.131 e. The molecule has 0 atom stereocenters. The Morgan fingerprint density at radius 2 is 1.71 bits per heavy atom. The van der Waals surface area contributed by atoms with Crippen molar-refractivity contribution < 1.29 is 4.39 Å². The van der Waals surface area contributed by atoms with Crippen molar-refractivity contribution in [2.24, 2.45) is 5.73 Å². The molecule has 1 fully saturated rings. The molecule has 0 aliphatic heterocycles. The third-order valence-electron chi connectivity index (χ3n) is 4.50. The molecule has 17 heavy (non-hydrogen) atoms. The molecule has 0 amide bonds. The number of rotatable bonds is 1. The summed E-state index contributed by atoms with van der Waals surface area (Å²) in [6, 6.07) is 4.06. The van der Waals surface area contributed by atoms with Crippen LogP contribution in [0.25, 0.3) is 0 Å². The molecule has 1 nitrogen and oxygen atoms in total. The van der Waals surface area contributed by atoms with Crippen LogP contribution in [0.4, 0.5) is 4.39 Å². The maximum Gasteiger partial charge on any atom is 0.131 e. The molecule has 1 aromatic carbocycles. The molecule has 0 aromatic heterocycles. The lowest BCUT2D eigenvalue weighted by Gasteiger charge is -2.27. The average Bonchev–Trinajstić information content (AvgIpc) is 2.78. The van der Waals surface area contributed by atoms with Gasteiger partial charge in [0.25, 0.3) is 0 Å². The van der Waals surface area contributed by atoms with Crippen LogP contribution in [0.1, 0.15) is 55.2 Å². The lowest BCUT2D eigenvalue weighted by atomic mass is 9.83. The molecule has 92 valence electrons. The van der Waals surface area contributed by atoms with Crippen molar-refractivity contribution in [2.45, 2.75) is 56.9 Å². The van der Waals surface area contributed by atoms with E-state index in [2.05, 4.69) is 6.07 Å². The van der Waals surface area contributed by atoms with Gasteiger partial charge in [-0.15, -0.1) is 0 Å². The molecule has 1 aromatic rings. The third-order valence-corrected chi connectivity index (χ3v) is 4.50. The van der Waals surface area contributed by atoms with E-state index in [1.807, 2.05) is 6.07 Å². The highest BCUT2D eigenvalue weighted by molar-refractivity contribution is 5.39. The van der Waals surface area contributed by atoms with Gasteiger partial charge in [0.05, 0.1) is 0 Å². The Hall–Kier alpha value is -0.890. The first-order valence-electron chi connectivity index (χ1n) is 6.80. The van der Waals surface area contributed by atoms with Gasteiger partial charge in [-0.1, -0.05) is 25.0 Å². The molecule has 0 unspecified atom stereocenters. The molecule has 1 saturated carbocycles. The Balaban J connectivity index is 2.06. The number of nitrogens with two attached hydrogens (primary N) is 1. The summed E-state index contributed by atoms with van der Waals surface area (Å²) in [5, 5.41) is 0. The molecular weight excluding hydrogens is 213 g/mol. The fraction of sp³-hybridized carbons (Fsp3) is 0.600. The van der Waals surface area contributed by atoms with Crippen molar-refractivity contribution in [1.29, 1.82) is 0 Å². The first kappa shape index (κ1) is 11.2. The average molecular weight is 233 g/mol. The van der Waals surface area contributed by atoms with E-state index in [0.717, 1.165) is 56.1 Å². The molecule has 0 heterocycles. The number of aryl methyl sites for hydroxylation is 1. The predicted molar refractivity (Wildman–Crippen MR) is 67.4 cm³/mol. The minimum Gasteiger partial charge on any atom is -0.321 e. The molecule has 2 aliphatic rings. The highest BCUT2D eigenvalue weighted by Crippen LogP contribution is 2.39. The minimum atomic E-state index is -0.392. The standard InChI is InChI=1S/C15H20FN/c16-14-12-6-2-1-5-11(12)7-8-13(14)15(17)9-3-4-10-15/h7-8H,1-6,9-10,17H2. The number of hydrogen-bond acceptors (Lipinski definition) is 1. The van der Waals surface area contributed by atoms with Gasteiger partial charge in [0.1, 0.15) is 5.82 Å². The third kappa shape index (κ3) is 1.79. The molecule has 0 saturated heterocycles. The van der Waals surface area contributed by atoms with Crippen LogP contribution in [-0.2, 0) is 18.4 Å². The van der Waals surface area contributed by atoms with Crippen molar-refractivity contribution >= 4 is 0 Å². The fourth-order valence-electron chi connectivity index (χ4n) is 3.44. The zero-order chi connectivity index (χ0) is 11.9. The fourth-order valence-corrected chi connectivity index (χ4v) is 3.44. The summed E-state index contributed by atoms with van der Waals surface area (Å²) in [5.41, 5.74) is 8.91. The van der Waals surface area contributed by atoms with E-state index in [-0.39, 0.29) is 5.82 Å². The summed E-state index contributed by atoms with van der Waals surface area (Å²) in [6.45, 7) is 0. The molecule has 0 spiro atoms. The van der Waals surface area contributed by atoms with E-state index < -0.39 is 5.54 Å². The number of fused-ring (bicyclic) bond motifs is 1. The van der Waals surface area contributed by atoms with Crippen LogP contribution in [0.2, 0.25) is 0 Å². The Labute approximate surface area is 102 Å². The topological polar surface area (TPSA) is 26.0 Å². The predicted octanol–water partition coefficient (Wildman–Crippen LogP) is 3.43. The maximum absolute atomic E-state index is 14.6. The van der Waals surface area contributed by atoms with Gasteiger partial charge in [0.15, 0.2) is 0 Å². The van der Waals surface area contributed by atoms with Crippen LogP contribution in [0, 0.1) is 5.82 Å². The Morgan fingerprint density at radius 3 is 2.47 bits per heavy atom. The van der Waals surface area contributed by atoms with E-state index in [0.29, 0.717) is 0 Å². The van der Waals surface area contributed by atoms with Gasteiger partial charge in [0, 0.05) is 11.1 Å². The second-order valence-corrected chi connectivity index (χ2v) is 5.64. The van der Waals surface area contributed by atoms with Crippen LogP contribution in [0.5, 0.6) is 0 Å². The van der Waals surface area contributed by atoms with Crippen molar-refractivity contribution in [3.05, 3.63) is 34.6 Å². The lowest BCUT2D eigenvalue weighted by molar-refractivity contribution is 0.427. The van der Waals surface area contributed by atoms with Gasteiger partial charge < -0.3 is 5.73 Å². The van der Waals surface area contributed by atoms with E-state index in [4.69, 9.17) is 5.73 Å². The van der Waals surface area contributed by atoms with Crippen molar-refractivity contribution in [2.75, 3.05) is 0 Å². The quantitative estimate of drug-likeness (QED) is 0.790. The molecular formula is C15H20FN. The zero-order valence-corrected chi connectivity index (χ0v) is 10.3. The molecule has 3 rings (SSSR count). The normalized spacial score (nSPS) is 22.5. The lowest BCUT2D eigenvalue weighted by Crippen LogP contribution is -2.34.